The van der Waals surface area contributed by atoms with Crippen LogP contribution >= 0.6 is 0 Å². The van der Waals surface area contributed by atoms with Crippen molar-refractivity contribution in [1.29, 1.82) is 0 Å². The van der Waals surface area contributed by atoms with Gasteiger partial charge in [-0.25, -0.2) is 8.42 Å². The highest BCUT2D eigenvalue weighted by Crippen LogP contribution is 2.29. The fraction of sp³-hybridized carbons (Fsp3) is 0.889. The summed E-state index contributed by atoms with van der Waals surface area (Å²) < 4.78 is 59.2. The molecule has 0 spiro atoms. The third-order valence-corrected chi connectivity index (χ3v) is 4.26. The van der Waals surface area contributed by atoms with Crippen LogP contribution < -0.4 is 5.73 Å². The van der Waals surface area contributed by atoms with Crippen molar-refractivity contribution in [2.24, 2.45) is 5.73 Å². The van der Waals surface area contributed by atoms with E-state index in [-0.39, 0.29) is 17.9 Å². The Bertz CT molecular complexity index is 373. The molecule has 8 heteroatoms. The lowest BCUT2D eigenvalue weighted by Crippen LogP contribution is -2.57. The van der Waals surface area contributed by atoms with E-state index in [2.05, 4.69) is 0 Å². The molecule has 0 rings (SSSR count). The number of sulfone groups is 1. The van der Waals surface area contributed by atoms with Crippen molar-refractivity contribution in [2.75, 3.05) is 11.5 Å². The van der Waals surface area contributed by atoms with Crippen LogP contribution in [0, 0.1) is 0 Å². The van der Waals surface area contributed by atoms with Gasteiger partial charge < -0.3 is 5.73 Å². The largest absolute Gasteiger partial charge is 0.413 e. The van der Waals surface area contributed by atoms with E-state index < -0.39 is 33.8 Å². The number of rotatable bonds is 6. The molecule has 0 aliphatic heterocycles. The predicted molar refractivity (Wildman–Crippen MR) is 57.2 cm³/mol. The smallest absolute Gasteiger partial charge is 0.312 e. The van der Waals surface area contributed by atoms with Crippen molar-refractivity contribution < 1.29 is 26.4 Å². The van der Waals surface area contributed by atoms with Crippen molar-refractivity contribution in [3.05, 3.63) is 0 Å². The highest BCUT2D eigenvalue weighted by Gasteiger charge is 2.52. The Morgan fingerprint density at radius 3 is 2.12 bits per heavy atom. The minimum atomic E-state index is -4.83. The van der Waals surface area contributed by atoms with Crippen LogP contribution in [0.5, 0.6) is 0 Å². The summed E-state index contributed by atoms with van der Waals surface area (Å²) in [5, 5.41) is 0. The summed E-state index contributed by atoms with van der Waals surface area (Å²) in [6, 6.07) is 0. The van der Waals surface area contributed by atoms with Gasteiger partial charge in [0.2, 0.25) is 0 Å². The molecular weight excluding hydrogens is 259 g/mol. The van der Waals surface area contributed by atoms with Gasteiger partial charge in [0.25, 0.3) is 0 Å². The monoisotopic (exact) mass is 275 g/mol. The van der Waals surface area contributed by atoms with Gasteiger partial charge in [0.1, 0.15) is 9.84 Å². The number of hydrogen-bond donors (Lipinski definition) is 1. The first-order chi connectivity index (χ1) is 7.44. The van der Waals surface area contributed by atoms with E-state index >= 15 is 0 Å². The quantitative estimate of drug-likeness (QED) is 0.786. The minimum absolute atomic E-state index is 0.0969. The summed E-state index contributed by atoms with van der Waals surface area (Å²) in [5.41, 5.74) is 1.98. The Morgan fingerprint density at radius 1 is 1.29 bits per heavy atom. The molecule has 102 valence electrons. The van der Waals surface area contributed by atoms with E-state index in [0.29, 0.717) is 6.92 Å². The Kier molecular flexibility index (Phi) is 5.15. The molecule has 0 saturated heterocycles. The molecule has 1 unspecified atom stereocenters. The van der Waals surface area contributed by atoms with Crippen molar-refractivity contribution >= 4 is 15.6 Å². The Labute approximate surface area is 98.3 Å². The molecule has 0 bridgehead atoms. The first-order valence-electron chi connectivity index (χ1n) is 5.03. The van der Waals surface area contributed by atoms with Crippen molar-refractivity contribution in [3.8, 4) is 0 Å². The van der Waals surface area contributed by atoms with Crippen LogP contribution in [0.25, 0.3) is 0 Å². The van der Waals surface area contributed by atoms with E-state index in [0.717, 1.165) is 0 Å². The van der Waals surface area contributed by atoms with Crippen LogP contribution in [-0.4, -0.2) is 37.4 Å². The van der Waals surface area contributed by atoms with Crippen molar-refractivity contribution in [2.45, 2.75) is 38.4 Å². The lowest BCUT2D eigenvalue weighted by molar-refractivity contribution is -0.186. The Balaban J connectivity index is 4.40. The highest BCUT2D eigenvalue weighted by molar-refractivity contribution is 7.91. The lowest BCUT2D eigenvalue weighted by atomic mass is 9.94. The molecule has 4 nitrogen and oxygen atoms in total. The number of carbonyl (C=O) groups is 1. The van der Waals surface area contributed by atoms with Crippen LogP contribution in [0.1, 0.15) is 26.7 Å². The number of nitrogens with two attached hydrogens (primary N) is 1. The lowest BCUT2D eigenvalue weighted by Gasteiger charge is -2.25. The molecular formula is C9H16F3NO3S. The van der Waals surface area contributed by atoms with Crippen molar-refractivity contribution in [3.63, 3.8) is 0 Å². The van der Waals surface area contributed by atoms with E-state index in [4.69, 9.17) is 5.73 Å². The summed E-state index contributed by atoms with van der Waals surface area (Å²) in [5.74, 6) is -1.60. The summed E-state index contributed by atoms with van der Waals surface area (Å²) in [6.45, 7) is 2.02. The maximum absolute atomic E-state index is 12.3. The van der Waals surface area contributed by atoms with Gasteiger partial charge >= 0.3 is 6.18 Å². The van der Waals surface area contributed by atoms with E-state index in [9.17, 15) is 26.4 Å². The Hall–Kier alpha value is -0.630. The maximum Gasteiger partial charge on any atom is 0.413 e. The molecule has 0 aromatic rings. The van der Waals surface area contributed by atoms with Gasteiger partial charge in [-0.2, -0.15) is 13.2 Å². The second kappa shape index (κ2) is 5.34. The van der Waals surface area contributed by atoms with E-state index in [1.54, 1.807) is 0 Å². The molecule has 0 amide bonds. The topological polar surface area (TPSA) is 77.2 Å². The molecule has 0 fully saturated rings. The standard InChI is InChI=1S/C9H16F3NO3S/c1-3-17(15,16)6-4-5-7(14)8(2,13)9(10,11)12/h3-6,13H2,1-2H3. The van der Waals surface area contributed by atoms with E-state index in [1.165, 1.54) is 6.92 Å². The zero-order valence-electron chi connectivity index (χ0n) is 9.67. The molecule has 0 aromatic heterocycles. The Morgan fingerprint density at radius 2 is 1.76 bits per heavy atom. The van der Waals surface area contributed by atoms with Gasteiger partial charge in [0, 0.05) is 12.2 Å². The normalized spacial score (nSPS) is 16.6. The van der Waals surface area contributed by atoms with Gasteiger partial charge in [0.05, 0.1) is 5.75 Å². The first-order valence-corrected chi connectivity index (χ1v) is 6.85. The molecule has 0 aliphatic rings. The van der Waals surface area contributed by atoms with Gasteiger partial charge in [-0.05, 0) is 13.3 Å². The number of hydrogen-bond acceptors (Lipinski definition) is 4. The van der Waals surface area contributed by atoms with E-state index in [1.807, 2.05) is 0 Å². The molecule has 0 saturated carbocycles. The number of alkyl halides is 3. The second-order valence-electron chi connectivity index (χ2n) is 3.96. The molecule has 0 aromatic carbocycles. The predicted octanol–water partition coefficient (Wildman–Crippen LogP) is 1.05. The number of ketones is 1. The zero-order valence-corrected chi connectivity index (χ0v) is 10.5. The SMILES string of the molecule is CCS(=O)(=O)CCCC(=O)C(C)(N)C(F)(F)F. The molecule has 0 aliphatic carbocycles. The molecule has 17 heavy (non-hydrogen) atoms. The average Bonchev–Trinajstić information content (AvgIpc) is 2.15. The van der Waals surface area contributed by atoms with Gasteiger partial charge in [-0.3, -0.25) is 4.79 Å². The fourth-order valence-electron chi connectivity index (χ4n) is 1.01. The number of carbonyl (C=O) groups excluding carboxylic acids is 1. The third kappa shape index (κ3) is 4.63. The van der Waals surface area contributed by atoms with Crippen LogP contribution in [-0.2, 0) is 14.6 Å². The van der Waals surface area contributed by atoms with Crippen LogP contribution in [0.3, 0.4) is 0 Å². The maximum atomic E-state index is 12.3. The zero-order chi connectivity index (χ0) is 13.9. The molecule has 1 atom stereocenters. The molecule has 0 radical (unpaired) electrons. The summed E-state index contributed by atoms with van der Waals surface area (Å²) in [7, 11) is -3.27. The summed E-state index contributed by atoms with van der Waals surface area (Å²) >= 11 is 0. The highest BCUT2D eigenvalue weighted by atomic mass is 32.2. The van der Waals surface area contributed by atoms with Gasteiger partial charge in [-0.15, -0.1) is 0 Å². The average molecular weight is 275 g/mol. The molecule has 2 N–H and O–H groups in total. The number of Topliss-reactive ketones (excluding diaryl/α,β-unsaturated/α-hetero) is 1. The summed E-state index contributed by atoms with van der Waals surface area (Å²) in [4.78, 5) is 11.2. The third-order valence-electron chi connectivity index (χ3n) is 2.47. The van der Waals surface area contributed by atoms with Crippen LogP contribution in [0.2, 0.25) is 0 Å². The fourth-order valence-corrected chi connectivity index (χ4v) is 1.89. The van der Waals surface area contributed by atoms with Gasteiger partial charge in [0.15, 0.2) is 11.3 Å². The first kappa shape index (κ1) is 16.4. The van der Waals surface area contributed by atoms with Crippen molar-refractivity contribution in [1.82, 2.24) is 0 Å². The molecule has 0 heterocycles. The minimum Gasteiger partial charge on any atom is -0.312 e. The summed E-state index contributed by atoms with van der Waals surface area (Å²) in [6.07, 6.45) is -5.46. The second-order valence-corrected chi connectivity index (χ2v) is 6.44. The van der Waals surface area contributed by atoms with Crippen LogP contribution in [0.15, 0.2) is 0 Å². The number of halogens is 3. The van der Waals surface area contributed by atoms with Crippen LogP contribution in [0.4, 0.5) is 13.2 Å². The van der Waals surface area contributed by atoms with Gasteiger partial charge in [-0.1, -0.05) is 6.92 Å².